The molecule has 0 saturated carbocycles. The van der Waals surface area contributed by atoms with E-state index in [0.717, 1.165) is 24.7 Å². The van der Waals surface area contributed by atoms with E-state index in [1.165, 1.54) is 6.42 Å². The monoisotopic (exact) mass is 236 g/mol. The summed E-state index contributed by atoms with van der Waals surface area (Å²) < 4.78 is 4.80. The van der Waals surface area contributed by atoms with Gasteiger partial charge in [-0.3, -0.25) is 4.99 Å². The summed E-state index contributed by atoms with van der Waals surface area (Å²) in [6.45, 7) is 7.34. The molecule has 0 aliphatic carbocycles. The molecule has 1 fully saturated rings. The van der Waals surface area contributed by atoms with Crippen molar-refractivity contribution in [3.8, 4) is 0 Å². The molecule has 1 saturated heterocycles. The first kappa shape index (κ1) is 12.0. The molecule has 1 aromatic rings. The zero-order valence-electron chi connectivity index (χ0n) is 10.7. The molecule has 5 heteroatoms. The molecule has 1 aliphatic rings. The minimum absolute atomic E-state index is 0.380. The minimum atomic E-state index is 0.380. The van der Waals surface area contributed by atoms with E-state index in [4.69, 9.17) is 4.52 Å². The van der Waals surface area contributed by atoms with Gasteiger partial charge in [0.1, 0.15) is 12.0 Å². The van der Waals surface area contributed by atoms with E-state index in [-0.39, 0.29) is 0 Å². The molecule has 94 valence electrons. The summed E-state index contributed by atoms with van der Waals surface area (Å²) in [5.74, 6) is 0.943. The largest absolute Gasteiger partial charge is 0.364 e. The highest BCUT2D eigenvalue weighted by atomic mass is 16.5. The lowest BCUT2D eigenvalue weighted by atomic mass is 9.93. The molecule has 0 spiro atoms. The Bertz CT molecular complexity index is 383. The highest BCUT2D eigenvalue weighted by Gasteiger charge is 2.30. The van der Waals surface area contributed by atoms with Gasteiger partial charge in [-0.25, -0.2) is 0 Å². The molecule has 0 radical (unpaired) electrons. The standard InChI is InChI=1S/C12H20N4O/c1-12(2)5-6-16(9-12)11(13-3)14-8-10-4-7-17-15-10/h4,7H,5-6,8-9H2,1-3H3,(H,13,14). The van der Waals surface area contributed by atoms with E-state index in [9.17, 15) is 0 Å². The van der Waals surface area contributed by atoms with Crippen molar-refractivity contribution in [1.29, 1.82) is 0 Å². The molecule has 5 nitrogen and oxygen atoms in total. The van der Waals surface area contributed by atoms with Crippen LogP contribution in [0.25, 0.3) is 0 Å². The van der Waals surface area contributed by atoms with E-state index in [1.807, 2.05) is 13.1 Å². The van der Waals surface area contributed by atoms with Crippen LogP contribution in [-0.4, -0.2) is 36.2 Å². The van der Waals surface area contributed by atoms with Crippen molar-refractivity contribution < 1.29 is 4.52 Å². The molecular weight excluding hydrogens is 216 g/mol. The number of hydrogen-bond acceptors (Lipinski definition) is 3. The first-order valence-electron chi connectivity index (χ1n) is 5.95. The number of guanidine groups is 1. The minimum Gasteiger partial charge on any atom is -0.364 e. The van der Waals surface area contributed by atoms with Crippen molar-refractivity contribution in [3.05, 3.63) is 18.0 Å². The van der Waals surface area contributed by atoms with Gasteiger partial charge in [-0.1, -0.05) is 19.0 Å². The summed E-state index contributed by atoms with van der Waals surface area (Å²) in [6.07, 6.45) is 2.79. The molecule has 0 unspecified atom stereocenters. The van der Waals surface area contributed by atoms with Crippen LogP contribution in [0.4, 0.5) is 0 Å². The Morgan fingerprint density at radius 3 is 3.00 bits per heavy atom. The Balaban J connectivity index is 1.90. The topological polar surface area (TPSA) is 53.7 Å². The Kier molecular flexibility index (Phi) is 3.36. The van der Waals surface area contributed by atoms with Crippen LogP contribution in [0.2, 0.25) is 0 Å². The molecule has 17 heavy (non-hydrogen) atoms. The third kappa shape index (κ3) is 2.99. The molecule has 1 aliphatic heterocycles. The quantitative estimate of drug-likeness (QED) is 0.624. The van der Waals surface area contributed by atoms with Crippen molar-refractivity contribution >= 4 is 5.96 Å². The third-order valence-electron chi connectivity index (χ3n) is 3.11. The lowest BCUT2D eigenvalue weighted by Crippen LogP contribution is -2.40. The fraction of sp³-hybridized carbons (Fsp3) is 0.667. The lowest BCUT2D eigenvalue weighted by molar-refractivity contribution is 0.369. The zero-order valence-corrected chi connectivity index (χ0v) is 10.7. The van der Waals surface area contributed by atoms with Gasteiger partial charge in [0.25, 0.3) is 0 Å². The van der Waals surface area contributed by atoms with Gasteiger partial charge in [0.05, 0.1) is 6.54 Å². The molecule has 2 heterocycles. The molecular formula is C12H20N4O. The maximum atomic E-state index is 4.80. The number of nitrogens with zero attached hydrogens (tertiary/aromatic N) is 3. The summed E-state index contributed by atoms with van der Waals surface area (Å²) in [5, 5.41) is 7.17. The Morgan fingerprint density at radius 1 is 1.65 bits per heavy atom. The molecule has 2 rings (SSSR count). The Labute approximate surface area is 102 Å². The maximum Gasteiger partial charge on any atom is 0.193 e. The number of nitrogens with one attached hydrogen (secondary N) is 1. The summed E-state index contributed by atoms with van der Waals surface area (Å²) >= 11 is 0. The third-order valence-corrected chi connectivity index (χ3v) is 3.11. The summed E-state index contributed by atoms with van der Waals surface area (Å²) in [7, 11) is 1.82. The predicted molar refractivity (Wildman–Crippen MR) is 66.7 cm³/mol. The first-order chi connectivity index (χ1) is 8.11. The Hall–Kier alpha value is -1.52. The predicted octanol–water partition coefficient (Wildman–Crippen LogP) is 1.48. The highest BCUT2D eigenvalue weighted by molar-refractivity contribution is 5.80. The van der Waals surface area contributed by atoms with Gasteiger partial charge in [0.2, 0.25) is 0 Å². The van der Waals surface area contributed by atoms with Crippen LogP contribution in [0.3, 0.4) is 0 Å². The van der Waals surface area contributed by atoms with E-state index in [1.54, 1.807) is 6.26 Å². The van der Waals surface area contributed by atoms with Crippen LogP contribution >= 0.6 is 0 Å². The van der Waals surface area contributed by atoms with Crippen LogP contribution < -0.4 is 5.32 Å². The fourth-order valence-electron chi connectivity index (χ4n) is 2.12. The van der Waals surface area contributed by atoms with Crippen molar-refractivity contribution in [3.63, 3.8) is 0 Å². The molecule has 1 aromatic heterocycles. The smallest absolute Gasteiger partial charge is 0.193 e. The SMILES string of the molecule is CN=C(NCc1ccon1)N1CCC(C)(C)C1. The van der Waals surface area contributed by atoms with Gasteiger partial charge in [-0.05, 0) is 11.8 Å². The second-order valence-electron chi connectivity index (χ2n) is 5.23. The van der Waals surface area contributed by atoms with Crippen LogP contribution in [0.15, 0.2) is 21.8 Å². The van der Waals surface area contributed by atoms with Gasteiger partial charge in [-0.15, -0.1) is 0 Å². The number of aromatic nitrogens is 1. The summed E-state index contributed by atoms with van der Waals surface area (Å²) in [6, 6.07) is 1.86. The maximum absolute atomic E-state index is 4.80. The lowest BCUT2D eigenvalue weighted by Gasteiger charge is -2.23. The van der Waals surface area contributed by atoms with E-state index in [2.05, 4.69) is 34.2 Å². The van der Waals surface area contributed by atoms with Crippen LogP contribution in [0.5, 0.6) is 0 Å². The van der Waals surface area contributed by atoms with Gasteiger partial charge >= 0.3 is 0 Å². The van der Waals surface area contributed by atoms with E-state index >= 15 is 0 Å². The average molecular weight is 236 g/mol. The van der Waals surface area contributed by atoms with Gasteiger partial charge < -0.3 is 14.7 Å². The molecule has 0 aromatic carbocycles. The van der Waals surface area contributed by atoms with E-state index < -0.39 is 0 Å². The van der Waals surface area contributed by atoms with Crippen molar-refractivity contribution in [2.45, 2.75) is 26.8 Å². The van der Waals surface area contributed by atoms with Crippen molar-refractivity contribution in [1.82, 2.24) is 15.4 Å². The van der Waals surface area contributed by atoms with Gasteiger partial charge in [-0.2, -0.15) is 0 Å². The fourth-order valence-corrected chi connectivity index (χ4v) is 2.12. The van der Waals surface area contributed by atoms with Crippen molar-refractivity contribution in [2.24, 2.45) is 10.4 Å². The number of likely N-dealkylation sites (tertiary alicyclic amines) is 1. The van der Waals surface area contributed by atoms with E-state index in [0.29, 0.717) is 12.0 Å². The molecule has 0 bridgehead atoms. The summed E-state index contributed by atoms with van der Waals surface area (Å²) in [5.41, 5.74) is 1.27. The molecule has 1 N–H and O–H groups in total. The molecule has 0 atom stereocenters. The number of rotatable bonds is 2. The summed E-state index contributed by atoms with van der Waals surface area (Å²) in [4.78, 5) is 6.60. The molecule has 0 amide bonds. The van der Waals surface area contributed by atoms with Crippen LogP contribution in [0.1, 0.15) is 26.0 Å². The van der Waals surface area contributed by atoms with Crippen molar-refractivity contribution in [2.75, 3.05) is 20.1 Å². The van der Waals surface area contributed by atoms with Crippen LogP contribution in [-0.2, 0) is 6.54 Å². The van der Waals surface area contributed by atoms with Crippen LogP contribution in [0, 0.1) is 5.41 Å². The zero-order chi connectivity index (χ0) is 12.3. The van der Waals surface area contributed by atoms with Gasteiger partial charge in [0, 0.05) is 26.2 Å². The number of aliphatic imine (C=N–C) groups is 1. The first-order valence-corrected chi connectivity index (χ1v) is 5.95. The average Bonchev–Trinajstić information content (AvgIpc) is 2.89. The van der Waals surface area contributed by atoms with Gasteiger partial charge in [0.15, 0.2) is 5.96 Å². The second kappa shape index (κ2) is 4.77. The highest BCUT2D eigenvalue weighted by Crippen LogP contribution is 2.28. The number of hydrogen-bond donors (Lipinski definition) is 1. The normalized spacial score (nSPS) is 19.7. The second-order valence-corrected chi connectivity index (χ2v) is 5.23. The Morgan fingerprint density at radius 2 is 2.47 bits per heavy atom.